The summed E-state index contributed by atoms with van der Waals surface area (Å²) in [7, 11) is 1.80. The van der Waals surface area contributed by atoms with Crippen molar-refractivity contribution < 1.29 is 0 Å². The summed E-state index contributed by atoms with van der Waals surface area (Å²) in [4.78, 5) is 19.6. The highest BCUT2D eigenvalue weighted by atomic mass is 16.1. The molecule has 0 saturated carbocycles. The molecular formula is C18H16N4O. The van der Waals surface area contributed by atoms with Crippen LogP contribution in [0.5, 0.6) is 0 Å². The van der Waals surface area contributed by atoms with Crippen molar-refractivity contribution in [3.63, 3.8) is 0 Å². The van der Waals surface area contributed by atoms with E-state index in [0.29, 0.717) is 0 Å². The van der Waals surface area contributed by atoms with Gasteiger partial charge in [0.2, 0.25) is 0 Å². The van der Waals surface area contributed by atoms with Crippen molar-refractivity contribution >= 4 is 18.0 Å². The lowest BCUT2D eigenvalue weighted by molar-refractivity contribution is 0.764. The van der Waals surface area contributed by atoms with Gasteiger partial charge in [0.05, 0.1) is 11.4 Å². The third-order valence-electron chi connectivity index (χ3n) is 3.72. The Balaban J connectivity index is 2.14. The Morgan fingerprint density at radius 1 is 1.22 bits per heavy atom. The fraction of sp³-hybridized carbons (Fsp3) is 0.0556. The highest BCUT2D eigenvalue weighted by Crippen LogP contribution is 2.33. The monoisotopic (exact) mass is 304 g/mol. The minimum atomic E-state index is -0.136. The zero-order chi connectivity index (χ0) is 16.4. The van der Waals surface area contributed by atoms with Crippen molar-refractivity contribution in [2.24, 2.45) is 12.0 Å². The molecule has 0 radical (unpaired) electrons. The average molecular weight is 304 g/mol. The summed E-state index contributed by atoms with van der Waals surface area (Å²) in [6.45, 7) is 7.80. The molecule has 3 aromatic rings. The Bertz CT molecular complexity index is 935. The lowest BCUT2D eigenvalue weighted by atomic mass is 9.96. The minimum Gasteiger partial charge on any atom is -0.288 e. The van der Waals surface area contributed by atoms with Crippen LogP contribution in [0.4, 0.5) is 5.69 Å². The smallest absolute Gasteiger partial charge is 0.264 e. The van der Waals surface area contributed by atoms with E-state index in [0.717, 1.165) is 33.6 Å². The first-order valence-corrected chi connectivity index (χ1v) is 7.07. The topological polar surface area (TPSA) is 63.0 Å². The van der Waals surface area contributed by atoms with Crippen LogP contribution in [0.25, 0.3) is 16.8 Å². The molecule has 0 unspecified atom stereocenters. The van der Waals surface area contributed by atoms with Gasteiger partial charge in [-0.05, 0) is 42.1 Å². The number of benzene rings is 1. The number of aliphatic imine (C=N–C) groups is 1. The van der Waals surface area contributed by atoms with Crippen molar-refractivity contribution in [1.29, 1.82) is 0 Å². The predicted octanol–water partition coefficient (Wildman–Crippen LogP) is 3.17. The van der Waals surface area contributed by atoms with Crippen molar-refractivity contribution in [3.05, 3.63) is 76.9 Å². The largest absolute Gasteiger partial charge is 0.288 e. The molecule has 0 spiro atoms. The maximum Gasteiger partial charge on any atom is 0.264 e. The lowest BCUT2D eigenvalue weighted by Gasteiger charge is -2.12. The molecule has 0 amide bonds. The van der Waals surface area contributed by atoms with Crippen LogP contribution in [-0.4, -0.2) is 21.5 Å². The van der Waals surface area contributed by atoms with Crippen molar-refractivity contribution in [2.75, 3.05) is 0 Å². The van der Waals surface area contributed by atoms with E-state index < -0.39 is 0 Å². The quantitative estimate of drug-likeness (QED) is 0.752. The second-order valence-corrected chi connectivity index (χ2v) is 5.17. The van der Waals surface area contributed by atoms with Gasteiger partial charge in [0, 0.05) is 36.6 Å². The third-order valence-corrected chi connectivity index (χ3v) is 3.72. The van der Waals surface area contributed by atoms with Gasteiger partial charge in [-0.15, -0.1) is 0 Å². The van der Waals surface area contributed by atoms with Gasteiger partial charge in [-0.2, -0.15) is 0 Å². The molecule has 3 rings (SSSR count). The summed E-state index contributed by atoms with van der Waals surface area (Å²) in [5, 5.41) is 2.71. The molecule has 5 heteroatoms. The van der Waals surface area contributed by atoms with Gasteiger partial charge in [0.1, 0.15) is 0 Å². The number of hydrogen-bond acceptors (Lipinski definition) is 3. The molecule has 2 heterocycles. The van der Waals surface area contributed by atoms with Gasteiger partial charge >= 0.3 is 0 Å². The standard InChI is InChI=1S/C18H16N4O/c1-12(13-6-8-20-9-7-13)15-10-14(4-5-16(15)19-2)17-11-18(23)21-22(17)3/h4-11H,1-2H2,3H3,(H,21,23). The summed E-state index contributed by atoms with van der Waals surface area (Å²) in [6.07, 6.45) is 3.45. The van der Waals surface area contributed by atoms with Crippen LogP contribution in [0.15, 0.2) is 65.2 Å². The predicted molar refractivity (Wildman–Crippen MR) is 93.1 cm³/mol. The Morgan fingerprint density at radius 3 is 2.57 bits per heavy atom. The maximum atomic E-state index is 11.5. The molecule has 23 heavy (non-hydrogen) atoms. The number of rotatable bonds is 4. The van der Waals surface area contributed by atoms with Crippen molar-refractivity contribution in [1.82, 2.24) is 14.8 Å². The number of nitrogens with zero attached hydrogens (tertiary/aromatic N) is 3. The number of aromatic nitrogens is 3. The number of pyridine rings is 1. The lowest BCUT2D eigenvalue weighted by Crippen LogP contribution is -2.00. The summed E-state index contributed by atoms with van der Waals surface area (Å²) < 4.78 is 1.69. The molecule has 0 aliphatic heterocycles. The summed E-state index contributed by atoms with van der Waals surface area (Å²) in [6, 6.07) is 11.1. The Morgan fingerprint density at radius 2 is 1.96 bits per heavy atom. The second-order valence-electron chi connectivity index (χ2n) is 5.17. The Kier molecular flexibility index (Phi) is 3.76. The number of aryl methyl sites for hydroxylation is 1. The molecule has 0 fully saturated rings. The van der Waals surface area contributed by atoms with Crippen LogP contribution < -0.4 is 5.56 Å². The SMILES string of the molecule is C=Nc1ccc(-c2cc(=O)[nH]n2C)cc1C(=C)c1ccncc1. The van der Waals surface area contributed by atoms with Crippen LogP contribution in [0.3, 0.4) is 0 Å². The van der Waals surface area contributed by atoms with Crippen LogP contribution in [-0.2, 0) is 7.05 Å². The van der Waals surface area contributed by atoms with E-state index in [2.05, 4.69) is 28.4 Å². The van der Waals surface area contributed by atoms with E-state index in [1.165, 1.54) is 0 Å². The van der Waals surface area contributed by atoms with E-state index in [-0.39, 0.29) is 5.56 Å². The van der Waals surface area contributed by atoms with Gasteiger partial charge in [-0.3, -0.25) is 24.6 Å². The Hall–Kier alpha value is -3.21. The van der Waals surface area contributed by atoms with Crippen LogP contribution in [0, 0.1) is 0 Å². The van der Waals surface area contributed by atoms with E-state index in [1.807, 2.05) is 30.3 Å². The molecule has 5 nitrogen and oxygen atoms in total. The molecule has 2 aromatic heterocycles. The molecule has 0 atom stereocenters. The van der Waals surface area contributed by atoms with E-state index in [1.54, 1.807) is 30.2 Å². The van der Waals surface area contributed by atoms with Gasteiger partial charge < -0.3 is 0 Å². The first kappa shape index (κ1) is 14.7. The number of hydrogen-bond donors (Lipinski definition) is 1. The van der Waals surface area contributed by atoms with E-state index in [4.69, 9.17) is 0 Å². The molecule has 114 valence electrons. The second kappa shape index (κ2) is 5.88. The average Bonchev–Trinajstić information content (AvgIpc) is 2.92. The molecular weight excluding hydrogens is 288 g/mol. The summed E-state index contributed by atoms with van der Waals surface area (Å²) in [5.41, 5.74) is 4.98. The molecule has 1 N–H and O–H groups in total. The molecule has 0 bridgehead atoms. The minimum absolute atomic E-state index is 0.136. The molecule has 1 aromatic carbocycles. The number of aromatic amines is 1. The van der Waals surface area contributed by atoms with Crippen LogP contribution >= 0.6 is 0 Å². The van der Waals surface area contributed by atoms with Crippen LogP contribution in [0.1, 0.15) is 11.1 Å². The van der Waals surface area contributed by atoms with Crippen LogP contribution in [0.2, 0.25) is 0 Å². The van der Waals surface area contributed by atoms with Crippen molar-refractivity contribution in [3.8, 4) is 11.3 Å². The van der Waals surface area contributed by atoms with E-state index in [9.17, 15) is 4.79 Å². The fourth-order valence-corrected chi connectivity index (χ4v) is 2.54. The maximum absolute atomic E-state index is 11.5. The first-order valence-electron chi connectivity index (χ1n) is 7.07. The van der Waals surface area contributed by atoms with Gasteiger partial charge in [0.25, 0.3) is 5.56 Å². The molecule has 0 aliphatic rings. The third kappa shape index (κ3) is 2.76. The summed E-state index contributed by atoms with van der Waals surface area (Å²) in [5.74, 6) is 0. The van der Waals surface area contributed by atoms with E-state index >= 15 is 0 Å². The zero-order valence-electron chi connectivity index (χ0n) is 12.8. The first-order chi connectivity index (χ1) is 11.1. The highest BCUT2D eigenvalue weighted by molar-refractivity contribution is 5.86. The fourth-order valence-electron chi connectivity index (χ4n) is 2.54. The van der Waals surface area contributed by atoms with Gasteiger partial charge in [0.15, 0.2) is 0 Å². The highest BCUT2D eigenvalue weighted by Gasteiger charge is 2.11. The normalized spacial score (nSPS) is 10.5. The van der Waals surface area contributed by atoms with Gasteiger partial charge in [-0.25, -0.2) is 0 Å². The molecule has 0 aliphatic carbocycles. The number of nitrogens with one attached hydrogen (secondary N) is 1. The van der Waals surface area contributed by atoms with Crippen molar-refractivity contribution in [2.45, 2.75) is 0 Å². The molecule has 0 saturated heterocycles. The Labute approximate surface area is 133 Å². The number of H-pyrrole nitrogens is 1. The zero-order valence-corrected chi connectivity index (χ0v) is 12.8. The summed E-state index contributed by atoms with van der Waals surface area (Å²) >= 11 is 0. The van der Waals surface area contributed by atoms with Gasteiger partial charge in [-0.1, -0.05) is 12.6 Å².